The maximum absolute atomic E-state index is 13.6. The zero-order valence-corrected chi connectivity index (χ0v) is 30.0. The Balaban J connectivity index is 0.00000294. The van der Waals surface area contributed by atoms with Crippen molar-refractivity contribution in [3.8, 4) is 5.75 Å². The Morgan fingerprint density at radius 2 is 1.73 bits per heavy atom. The minimum Gasteiger partial charge on any atom is -0.790 e. The number of amides is 2. The smallest absolute Gasteiger partial charge is 0.790 e. The molecule has 10 nitrogen and oxygen atoms in total. The van der Waals surface area contributed by atoms with Gasteiger partial charge in [-0.15, -0.1) is 0 Å². The summed E-state index contributed by atoms with van der Waals surface area (Å²) in [5, 5.41) is 11.7. The predicted octanol–water partition coefficient (Wildman–Crippen LogP) is -2.29. The van der Waals surface area contributed by atoms with E-state index >= 15 is 0 Å². The summed E-state index contributed by atoms with van der Waals surface area (Å²) >= 11 is 0. The van der Waals surface area contributed by atoms with E-state index in [0.29, 0.717) is 25.7 Å². The third kappa shape index (κ3) is 6.87. The SMILES string of the molecule is CC[C@]1(C)C[C@@H](OC(=O)NC(=O)c2ccc(O)cc2)[C@]2(C)[C@H](C)CC[C@]3(CCC(=O)[C@@H]32)[C@@H](C)[C@@H]1OP(=O)([O-])[O-].[Na+].[Na+]. The van der Waals surface area contributed by atoms with Gasteiger partial charge in [0.05, 0.1) is 13.9 Å². The molecule has 0 radical (unpaired) electrons. The number of phenolic OH excluding ortho intramolecular Hbond substituents is 1. The summed E-state index contributed by atoms with van der Waals surface area (Å²) in [6.45, 7) is 9.60. The van der Waals surface area contributed by atoms with E-state index in [1.54, 1.807) is 0 Å². The Hall–Kier alpha value is -0.260. The van der Waals surface area contributed by atoms with Crippen LogP contribution in [0.5, 0.6) is 5.75 Å². The van der Waals surface area contributed by atoms with E-state index in [9.17, 15) is 33.8 Å². The van der Waals surface area contributed by atoms with Crippen LogP contribution in [-0.4, -0.2) is 35.1 Å². The van der Waals surface area contributed by atoms with Gasteiger partial charge in [0, 0.05) is 23.3 Å². The number of Topliss-reactive ketones (excluding diaryl/α,β-unsaturated/α-hetero) is 1. The number of aromatic hydroxyl groups is 1. The van der Waals surface area contributed by atoms with Crippen LogP contribution >= 0.6 is 7.82 Å². The van der Waals surface area contributed by atoms with Gasteiger partial charge in [-0.25, -0.2) is 4.79 Å². The molecule has 0 heterocycles. The second-order valence-electron chi connectivity index (χ2n) is 12.3. The molecule has 2 bridgehead atoms. The number of imide groups is 1. The van der Waals surface area contributed by atoms with Gasteiger partial charge in [-0.3, -0.25) is 14.9 Å². The van der Waals surface area contributed by atoms with Crippen LogP contribution in [-0.2, 0) is 18.6 Å². The second-order valence-corrected chi connectivity index (χ2v) is 13.4. The van der Waals surface area contributed by atoms with Crippen LogP contribution in [0.25, 0.3) is 0 Å². The van der Waals surface area contributed by atoms with Crippen molar-refractivity contribution < 1.29 is 102 Å². The average molecular weight is 610 g/mol. The summed E-state index contributed by atoms with van der Waals surface area (Å²) in [5.74, 6) is -1.66. The molecule has 41 heavy (non-hydrogen) atoms. The van der Waals surface area contributed by atoms with Crippen LogP contribution < -0.4 is 74.2 Å². The number of alkyl carbamates (subject to hydrolysis) is 1. The molecule has 0 unspecified atom stereocenters. The molecule has 3 aliphatic rings. The number of rotatable bonds is 5. The number of phosphoric ester groups is 1. The predicted molar refractivity (Wildman–Crippen MR) is 137 cm³/mol. The fraction of sp³-hybridized carbons (Fsp3) is 0.679. The summed E-state index contributed by atoms with van der Waals surface area (Å²) < 4.78 is 23.3. The molecule has 0 spiro atoms. The number of carbonyl (C=O) groups excluding carboxylic acids is 3. The van der Waals surface area contributed by atoms with E-state index in [1.807, 2.05) is 34.6 Å². The van der Waals surface area contributed by atoms with Gasteiger partial charge >= 0.3 is 65.2 Å². The van der Waals surface area contributed by atoms with Crippen LogP contribution in [0.15, 0.2) is 24.3 Å². The Bertz CT molecular complexity index is 1190. The molecule has 8 atom stereocenters. The number of ether oxygens (including phenoxy) is 1. The Morgan fingerprint density at radius 1 is 1.12 bits per heavy atom. The fourth-order valence-corrected chi connectivity index (χ4v) is 8.69. The first-order chi connectivity index (χ1) is 18.1. The quantitative estimate of drug-likeness (QED) is 0.276. The van der Waals surface area contributed by atoms with Gasteiger partial charge in [0.2, 0.25) is 0 Å². The van der Waals surface area contributed by atoms with Gasteiger partial charge in [-0.05, 0) is 79.0 Å². The van der Waals surface area contributed by atoms with Crippen LogP contribution in [0, 0.1) is 34.0 Å². The zero-order chi connectivity index (χ0) is 29.0. The minimum atomic E-state index is -5.39. The number of phenols is 1. The monoisotopic (exact) mass is 609 g/mol. The van der Waals surface area contributed by atoms with E-state index in [-0.39, 0.29) is 88.5 Å². The average Bonchev–Trinajstić information content (AvgIpc) is 3.21. The van der Waals surface area contributed by atoms with Gasteiger partial charge in [-0.2, -0.15) is 0 Å². The van der Waals surface area contributed by atoms with Crippen molar-refractivity contribution in [3.63, 3.8) is 0 Å². The number of phosphoric acid groups is 1. The summed E-state index contributed by atoms with van der Waals surface area (Å²) in [6, 6.07) is 5.38. The third-order valence-corrected chi connectivity index (χ3v) is 11.0. The van der Waals surface area contributed by atoms with E-state index < -0.39 is 60.1 Å². The summed E-state index contributed by atoms with van der Waals surface area (Å²) in [4.78, 5) is 63.3. The van der Waals surface area contributed by atoms with Crippen molar-refractivity contribution >= 4 is 25.6 Å². The molecule has 4 rings (SSSR count). The van der Waals surface area contributed by atoms with E-state index in [2.05, 4.69) is 5.32 Å². The second kappa shape index (κ2) is 13.4. The van der Waals surface area contributed by atoms with E-state index in [4.69, 9.17) is 9.26 Å². The summed E-state index contributed by atoms with van der Waals surface area (Å²) in [7, 11) is -5.39. The molecule has 3 saturated carbocycles. The van der Waals surface area contributed by atoms with Crippen molar-refractivity contribution in [3.05, 3.63) is 29.8 Å². The maximum Gasteiger partial charge on any atom is 1.00 e. The molecule has 0 aliphatic heterocycles. The zero-order valence-electron chi connectivity index (χ0n) is 25.1. The first-order valence-electron chi connectivity index (χ1n) is 13.6. The number of ketones is 1. The van der Waals surface area contributed by atoms with Crippen LogP contribution in [0.4, 0.5) is 4.79 Å². The van der Waals surface area contributed by atoms with Gasteiger partial charge in [0.25, 0.3) is 5.91 Å². The summed E-state index contributed by atoms with van der Waals surface area (Å²) in [6.07, 6.45) is -0.0551. The first-order valence-corrected chi connectivity index (χ1v) is 15.1. The molecule has 1 aromatic rings. The topological polar surface area (TPSA) is 165 Å². The largest absolute Gasteiger partial charge is 1.00 e. The maximum atomic E-state index is 13.6. The van der Waals surface area contributed by atoms with Crippen LogP contribution in [0.3, 0.4) is 0 Å². The molecule has 216 valence electrons. The van der Waals surface area contributed by atoms with Crippen molar-refractivity contribution in [2.45, 2.75) is 85.4 Å². The number of nitrogens with one attached hydrogen (secondary N) is 1. The standard InChI is InChI=1S/C28H40NO9P.2Na/c1-6-26(4)15-21(37-25(33)29-24(32)18-7-9-19(30)10-8-18)27(5)16(2)11-13-28(14-12-20(31)22(27)28)17(3)23(26)38-39(34,35)36;;/h7-10,16-17,21-23,30H,6,11-15H2,1-5H3,(H,29,32,33)(H2,34,35,36);;/q;2*+1/p-2/t16-,17+,21-,22-,23+,26-,27+,28+;;/m1../s1. The summed E-state index contributed by atoms with van der Waals surface area (Å²) in [5.41, 5.74) is -2.15. The van der Waals surface area contributed by atoms with E-state index in [1.165, 1.54) is 24.3 Å². The van der Waals surface area contributed by atoms with Crippen LogP contribution in [0.1, 0.15) is 83.5 Å². The van der Waals surface area contributed by atoms with Gasteiger partial charge in [0.1, 0.15) is 17.6 Å². The molecule has 1 aromatic carbocycles. The van der Waals surface area contributed by atoms with Gasteiger partial charge in [0.15, 0.2) is 0 Å². The number of carbonyl (C=O) groups is 3. The minimum absolute atomic E-state index is 0. The molecular formula is C28H38NNa2O9P. The molecule has 3 fully saturated rings. The molecule has 3 aliphatic carbocycles. The normalized spacial score (nSPS) is 36.5. The van der Waals surface area contributed by atoms with Crippen molar-refractivity contribution in [2.24, 2.45) is 34.0 Å². The molecule has 2 amide bonds. The third-order valence-electron chi connectivity index (χ3n) is 10.5. The fourth-order valence-electron chi connectivity index (χ4n) is 7.98. The van der Waals surface area contributed by atoms with Crippen molar-refractivity contribution in [1.82, 2.24) is 5.32 Å². The molecule has 2 N–H and O–H groups in total. The van der Waals surface area contributed by atoms with Crippen molar-refractivity contribution in [2.75, 3.05) is 0 Å². The Labute approximate surface area is 285 Å². The van der Waals surface area contributed by atoms with Crippen LogP contribution in [0.2, 0.25) is 0 Å². The van der Waals surface area contributed by atoms with Gasteiger partial charge in [-0.1, -0.05) is 34.6 Å². The Morgan fingerprint density at radius 3 is 2.29 bits per heavy atom. The number of hydrogen-bond donors (Lipinski definition) is 2. The van der Waals surface area contributed by atoms with E-state index in [0.717, 1.165) is 6.42 Å². The van der Waals surface area contributed by atoms with Crippen molar-refractivity contribution in [1.29, 1.82) is 0 Å². The number of hydrogen-bond acceptors (Lipinski definition) is 9. The molecule has 13 heteroatoms. The molecular weight excluding hydrogens is 571 g/mol. The Kier molecular flexibility index (Phi) is 12.1. The molecule has 0 aromatic heterocycles. The molecule has 0 saturated heterocycles. The number of benzene rings is 1. The first kappa shape index (κ1) is 36.9. The van der Waals surface area contributed by atoms with Gasteiger partial charge < -0.3 is 28.7 Å².